The molecule has 0 aromatic rings. The van der Waals surface area contributed by atoms with Crippen molar-refractivity contribution in [1.29, 1.82) is 0 Å². The standard InChI is InChI=1S/Al.BH5Si.La.3H/c;1-2;;;;/h;1H2,2H3;;;;. The van der Waals surface area contributed by atoms with Gasteiger partial charge in [0, 0.05) is 35.6 Å². The van der Waals surface area contributed by atoms with Crippen LogP contribution in [0, 0.1) is 35.6 Å². The van der Waals surface area contributed by atoms with Crippen LogP contribution in [0.15, 0.2) is 0 Å². The minimum atomic E-state index is 0. The molecule has 0 unspecified atom stereocenters. The van der Waals surface area contributed by atoms with Gasteiger partial charge in [0.2, 0.25) is 0 Å². The molecule has 0 aliphatic heterocycles. The Labute approximate surface area is 69.6 Å². The van der Waals surface area contributed by atoms with E-state index >= 15 is 0 Å². The van der Waals surface area contributed by atoms with Crippen LogP contribution < -0.4 is 0 Å². The van der Waals surface area contributed by atoms with Gasteiger partial charge >= 0.3 is 0 Å². The second-order valence-corrected chi connectivity index (χ2v) is 0. The molecule has 1 radical (unpaired) electrons. The van der Waals surface area contributed by atoms with E-state index < -0.39 is 0 Å². The van der Waals surface area contributed by atoms with E-state index in [-0.39, 0.29) is 53.0 Å². The SMILES string of the molecule is B[SiH3].[AlH3].[La]. The summed E-state index contributed by atoms with van der Waals surface area (Å²) in [6.07, 6.45) is 0. The molecule has 0 aliphatic carbocycles. The molecule has 0 fully saturated rings. The molecule has 0 amide bonds. The van der Waals surface area contributed by atoms with E-state index in [4.69, 9.17) is 0 Å². The van der Waals surface area contributed by atoms with Gasteiger partial charge in [0.15, 0.2) is 17.4 Å². The zero-order valence-corrected chi connectivity index (χ0v) is 8.20. The van der Waals surface area contributed by atoms with Crippen molar-refractivity contribution in [3.8, 4) is 0 Å². The predicted molar refractivity (Wildman–Crippen MR) is 28.4 cm³/mol. The molecule has 0 aromatic heterocycles. The van der Waals surface area contributed by atoms with Gasteiger partial charge in [-0.05, 0) is 10.1 Å². The van der Waals surface area contributed by atoms with Crippen LogP contribution in [-0.2, 0) is 0 Å². The van der Waals surface area contributed by atoms with Gasteiger partial charge < -0.3 is 0 Å². The van der Waals surface area contributed by atoms with E-state index in [1.165, 1.54) is 10.1 Å². The Bertz CT molecular complexity index is 8.00. The third kappa shape index (κ3) is 8.99. The molecule has 0 rings (SSSR count). The minimum Gasteiger partial charge on any atom is -0.0304 e. The Hall–Kier alpha value is 2.01. The fourth-order valence-corrected chi connectivity index (χ4v) is 0. The van der Waals surface area contributed by atoms with E-state index in [2.05, 4.69) is 7.44 Å². The van der Waals surface area contributed by atoms with Crippen LogP contribution in [0.25, 0.3) is 0 Å². The van der Waals surface area contributed by atoms with Crippen molar-refractivity contribution in [2.24, 2.45) is 0 Å². The smallest absolute Gasteiger partial charge is 0.0304 e. The zero-order chi connectivity index (χ0) is 2.00. The average molecular weight is 213 g/mol. The first-order valence-corrected chi connectivity index (χ1v) is 3.00. The third-order valence-corrected chi connectivity index (χ3v) is 0. The Morgan fingerprint density at radius 1 is 1.25 bits per heavy atom. The van der Waals surface area contributed by atoms with Gasteiger partial charge in [-0.25, -0.2) is 0 Å². The maximum atomic E-state index is 2.14. The van der Waals surface area contributed by atoms with Gasteiger partial charge in [-0.1, -0.05) is 0 Å². The van der Waals surface area contributed by atoms with E-state index in [9.17, 15) is 0 Å². The molecule has 0 heterocycles. The van der Waals surface area contributed by atoms with Crippen molar-refractivity contribution in [3.05, 3.63) is 0 Å². The van der Waals surface area contributed by atoms with Crippen molar-refractivity contribution in [2.75, 3.05) is 0 Å². The molecular weight excluding hydrogens is 205 g/mol. The van der Waals surface area contributed by atoms with Crippen LogP contribution in [0.5, 0.6) is 0 Å². The quantitative estimate of drug-likeness (QED) is 0.370. The van der Waals surface area contributed by atoms with E-state index in [1.807, 2.05) is 0 Å². The molecule has 0 atom stereocenters. The fraction of sp³-hybridized carbons (Fsp3) is 0. The molecule has 0 saturated heterocycles. The van der Waals surface area contributed by atoms with E-state index in [1.54, 1.807) is 0 Å². The van der Waals surface area contributed by atoms with Crippen LogP contribution in [0.2, 0.25) is 0 Å². The molecule has 0 aromatic carbocycles. The van der Waals surface area contributed by atoms with Crippen molar-refractivity contribution < 1.29 is 35.6 Å². The maximum Gasteiger partial charge on any atom is 0.187 e. The van der Waals surface area contributed by atoms with Crippen LogP contribution in [-0.4, -0.2) is 34.9 Å². The molecule has 0 nitrogen and oxygen atoms in total. The summed E-state index contributed by atoms with van der Waals surface area (Å²) >= 11 is 0. The summed E-state index contributed by atoms with van der Waals surface area (Å²) in [5.41, 5.74) is 0. The predicted octanol–water partition coefficient (Wildman–Crippen LogP) is -3.28. The Kier molecular flexibility index (Phi) is 83.0. The first kappa shape index (κ1) is 16.7. The van der Waals surface area contributed by atoms with Gasteiger partial charge in [0.25, 0.3) is 0 Å². The molecule has 0 spiro atoms. The maximum absolute atomic E-state index is 2.14. The van der Waals surface area contributed by atoms with Crippen LogP contribution in [0.1, 0.15) is 0 Å². The summed E-state index contributed by atoms with van der Waals surface area (Å²) in [6.45, 7) is 0. The van der Waals surface area contributed by atoms with Crippen molar-refractivity contribution >= 4 is 34.9 Å². The summed E-state index contributed by atoms with van der Waals surface area (Å²) in [5.74, 6) is 0. The molecule has 4 heavy (non-hydrogen) atoms. The molecule has 4 heteroatoms. The van der Waals surface area contributed by atoms with Gasteiger partial charge in [-0.15, -0.1) is 0 Å². The summed E-state index contributed by atoms with van der Waals surface area (Å²) in [7, 11) is 3.44. The van der Waals surface area contributed by atoms with Crippen molar-refractivity contribution in [3.63, 3.8) is 0 Å². The third-order valence-electron chi connectivity index (χ3n) is 0. The van der Waals surface area contributed by atoms with Gasteiger partial charge in [-0.3, -0.25) is 0 Å². The summed E-state index contributed by atoms with van der Waals surface area (Å²) in [4.78, 5) is 0. The van der Waals surface area contributed by atoms with Crippen LogP contribution in [0.4, 0.5) is 0 Å². The summed E-state index contributed by atoms with van der Waals surface area (Å²) in [5, 5.41) is 0. The fourth-order valence-electron chi connectivity index (χ4n) is 0. The summed E-state index contributed by atoms with van der Waals surface area (Å²) < 4.78 is 0. The van der Waals surface area contributed by atoms with Gasteiger partial charge in [-0.2, -0.15) is 0 Å². The van der Waals surface area contributed by atoms with Crippen molar-refractivity contribution in [1.82, 2.24) is 0 Å². The summed E-state index contributed by atoms with van der Waals surface area (Å²) in [6, 6.07) is 0. The Morgan fingerprint density at radius 2 is 1.25 bits per heavy atom. The van der Waals surface area contributed by atoms with Crippen LogP contribution >= 0.6 is 0 Å². The van der Waals surface area contributed by atoms with Gasteiger partial charge in [0.1, 0.15) is 0 Å². The molecule has 21 valence electrons. The number of rotatable bonds is 0. The second kappa shape index (κ2) is 19.9. The first-order chi connectivity index (χ1) is 1.00. The normalized spacial score (nSPS) is 2.00. The largest absolute Gasteiger partial charge is 0.187 e. The molecule has 0 aliphatic rings. The first-order valence-electron chi connectivity index (χ1n) is 1.00. The minimum absolute atomic E-state index is 0. The molecule has 0 saturated carbocycles. The molecule has 0 bridgehead atoms. The van der Waals surface area contributed by atoms with E-state index in [0.717, 1.165) is 0 Å². The molecular formula is H8AlBLaSi. The van der Waals surface area contributed by atoms with Gasteiger partial charge in [0.05, 0.1) is 7.44 Å². The molecule has 0 N–H and O–H groups in total. The Morgan fingerprint density at radius 3 is 1.25 bits per heavy atom. The van der Waals surface area contributed by atoms with Crippen LogP contribution in [0.3, 0.4) is 0 Å². The average Bonchev–Trinajstić information content (AvgIpc) is 1.00. The number of hydrogen-bond donors (Lipinski definition) is 0. The second-order valence-electron chi connectivity index (χ2n) is 0. The monoisotopic (exact) mass is 213 g/mol. The van der Waals surface area contributed by atoms with Crippen molar-refractivity contribution in [2.45, 2.75) is 0 Å². The Balaban J connectivity index is -0.00000000500. The number of hydrogen-bond acceptors (Lipinski definition) is 0. The topological polar surface area (TPSA) is 0 Å². The zero-order valence-electron chi connectivity index (χ0n) is 2.58. The van der Waals surface area contributed by atoms with E-state index in [0.29, 0.717) is 0 Å².